The van der Waals surface area contributed by atoms with Crippen molar-refractivity contribution in [2.24, 2.45) is 0 Å². The molecule has 0 aliphatic carbocycles. The highest BCUT2D eigenvalue weighted by Gasteiger charge is 2.07. The summed E-state index contributed by atoms with van der Waals surface area (Å²) in [7, 11) is 4.16. The van der Waals surface area contributed by atoms with Crippen molar-refractivity contribution in [2.75, 3.05) is 14.1 Å². The first kappa shape index (κ1) is 12.7. The van der Waals surface area contributed by atoms with Crippen molar-refractivity contribution >= 4 is 0 Å². The van der Waals surface area contributed by atoms with Crippen molar-refractivity contribution < 1.29 is 4.74 Å². The van der Waals surface area contributed by atoms with E-state index in [9.17, 15) is 0 Å². The molecule has 0 saturated heterocycles. The highest BCUT2D eigenvalue weighted by Crippen LogP contribution is 2.24. The lowest BCUT2D eigenvalue weighted by molar-refractivity contribution is 0.321. The first-order valence-corrected chi connectivity index (χ1v) is 6.16. The third-order valence-corrected chi connectivity index (χ3v) is 3.12. The maximum atomic E-state index is 5.76. The molecule has 94 valence electrons. The van der Waals surface area contributed by atoms with Crippen LogP contribution >= 0.6 is 0 Å². The molecule has 2 nitrogen and oxygen atoms in total. The van der Waals surface area contributed by atoms with Crippen molar-refractivity contribution in [3.63, 3.8) is 0 Å². The lowest BCUT2D eigenvalue weighted by atomic mass is 10.1. The van der Waals surface area contributed by atoms with Crippen molar-refractivity contribution in [1.82, 2.24) is 4.90 Å². The Bertz CT molecular complexity index is 476. The Morgan fingerprint density at radius 3 is 1.94 bits per heavy atom. The molecule has 1 unspecified atom stereocenters. The first-order chi connectivity index (χ1) is 8.66. The van der Waals surface area contributed by atoms with Crippen LogP contribution < -0.4 is 4.74 Å². The monoisotopic (exact) mass is 241 g/mol. The summed E-state index contributed by atoms with van der Waals surface area (Å²) in [5.41, 5.74) is 1.29. The van der Waals surface area contributed by atoms with E-state index in [1.165, 1.54) is 5.56 Å². The van der Waals surface area contributed by atoms with E-state index < -0.39 is 0 Å². The van der Waals surface area contributed by atoms with Gasteiger partial charge in [0, 0.05) is 6.04 Å². The molecule has 2 heteroatoms. The highest BCUT2D eigenvalue weighted by molar-refractivity contribution is 5.33. The average molecular weight is 241 g/mol. The molecule has 1 atom stereocenters. The van der Waals surface area contributed by atoms with Crippen LogP contribution in [0.4, 0.5) is 0 Å². The fourth-order valence-corrected chi connectivity index (χ4v) is 1.74. The summed E-state index contributed by atoms with van der Waals surface area (Å²) in [6.45, 7) is 2.19. The van der Waals surface area contributed by atoms with Crippen molar-refractivity contribution in [3.8, 4) is 11.5 Å². The van der Waals surface area contributed by atoms with Crippen LogP contribution in [0.5, 0.6) is 11.5 Å². The SMILES string of the molecule is CC(c1ccc(Oc2ccccc2)cc1)N(C)C. The molecule has 0 radical (unpaired) electrons. The average Bonchev–Trinajstić information content (AvgIpc) is 2.40. The Hall–Kier alpha value is -1.80. The number of benzene rings is 2. The molecule has 0 amide bonds. The van der Waals surface area contributed by atoms with Crippen molar-refractivity contribution in [1.29, 1.82) is 0 Å². The molecule has 0 heterocycles. The van der Waals surface area contributed by atoms with Gasteiger partial charge in [0.2, 0.25) is 0 Å². The molecule has 0 aliphatic heterocycles. The lowest BCUT2D eigenvalue weighted by Gasteiger charge is -2.20. The van der Waals surface area contributed by atoms with E-state index in [4.69, 9.17) is 4.74 Å². The van der Waals surface area contributed by atoms with Crippen LogP contribution in [-0.2, 0) is 0 Å². The van der Waals surface area contributed by atoms with Gasteiger partial charge in [0.05, 0.1) is 0 Å². The van der Waals surface area contributed by atoms with E-state index >= 15 is 0 Å². The van der Waals surface area contributed by atoms with Gasteiger partial charge in [-0.15, -0.1) is 0 Å². The van der Waals surface area contributed by atoms with E-state index in [2.05, 4.69) is 38.1 Å². The van der Waals surface area contributed by atoms with Gasteiger partial charge in [-0.1, -0.05) is 30.3 Å². The number of para-hydroxylation sites is 1. The Labute approximate surface area is 109 Å². The molecule has 0 aromatic heterocycles. The van der Waals surface area contributed by atoms with Gasteiger partial charge < -0.3 is 9.64 Å². The minimum atomic E-state index is 0.413. The lowest BCUT2D eigenvalue weighted by Crippen LogP contribution is -2.16. The second kappa shape index (κ2) is 5.69. The Kier molecular flexibility index (Phi) is 4.00. The fraction of sp³-hybridized carbons (Fsp3) is 0.250. The number of nitrogens with zero attached hydrogens (tertiary/aromatic N) is 1. The van der Waals surface area contributed by atoms with E-state index in [1.54, 1.807) is 0 Å². The largest absolute Gasteiger partial charge is 0.457 e. The molecule has 2 rings (SSSR count). The quantitative estimate of drug-likeness (QED) is 0.799. The van der Waals surface area contributed by atoms with Gasteiger partial charge >= 0.3 is 0 Å². The fourth-order valence-electron chi connectivity index (χ4n) is 1.74. The molecule has 0 spiro atoms. The summed E-state index contributed by atoms with van der Waals surface area (Å²) >= 11 is 0. The number of ether oxygens (including phenoxy) is 1. The zero-order valence-electron chi connectivity index (χ0n) is 11.1. The van der Waals surface area contributed by atoms with Crippen LogP contribution in [0.15, 0.2) is 54.6 Å². The van der Waals surface area contributed by atoms with E-state index in [-0.39, 0.29) is 0 Å². The molecule has 2 aromatic rings. The summed E-state index contributed by atoms with van der Waals surface area (Å²) in [4.78, 5) is 2.19. The molecular formula is C16H19NO. The zero-order valence-corrected chi connectivity index (χ0v) is 11.1. The summed E-state index contributed by atoms with van der Waals surface area (Å²) in [5, 5.41) is 0. The van der Waals surface area contributed by atoms with E-state index in [1.807, 2.05) is 42.5 Å². The predicted octanol–water partition coefficient (Wildman–Crippen LogP) is 4.10. The third-order valence-electron chi connectivity index (χ3n) is 3.12. The Morgan fingerprint density at radius 2 is 1.39 bits per heavy atom. The molecule has 2 aromatic carbocycles. The number of hydrogen-bond donors (Lipinski definition) is 0. The van der Waals surface area contributed by atoms with Gasteiger partial charge in [-0.25, -0.2) is 0 Å². The zero-order chi connectivity index (χ0) is 13.0. The second-order valence-electron chi connectivity index (χ2n) is 4.62. The Morgan fingerprint density at radius 1 is 0.833 bits per heavy atom. The van der Waals surface area contributed by atoms with Gasteiger partial charge in [-0.3, -0.25) is 0 Å². The third kappa shape index (κ3) is 3.11. The van der Waals surface area contributed by atoms with Gasteiger partial charge in [-0.2, -0.15) is 0 Å². The van der Waals surface area contributed by atoms with Gasteiger partial charge in [0.1, 0.15) is 11.5 Å². The van der Waals surface area contributed by atoms with Crippen molar-refractivity contribution in [3.05, 3.63) is 60.2 Å². The molecule has 18 heavy (non-hydrogen) atoms. The van der Waals surface area contributed by atoms with Crippen LogP contribution in [-0.4, -0.2) is 19.0 Å². The summed E-state index contributed by atoms with van der Waals surface area (Å²) in [6.07, 6.45) is 0. The highest BCUT2D eigenvalue weighted by atomic mass is 16.5. The van der Waals surface area contributed by atoms with Gasteiger partial charge in [0.15, 0.2) is 0 Å². The minimum absolute atomic E-state index is 0.413. The summed E-state index contributed by atoms with van der Waals surface area (Å²) in [6, 6.07) is 18.5. The normalized spacial score (nSPS) is 12.4. The van der Waals surface area contributed by atoms with Crippen LogP contribution in [0.2, 0.25) is 0 Å². The molecule has 0 fully saturated rings. The molecular weight excluding hydrogens is 222 g/mol. The summed E-state index contributed by atoms with van der Waals surface area (Å²) in [5.74, 6) is 1.74. The van der Waals surface area contributed by atoms with Crippen molar-refractivity contribution in [2.45, 2.75) is 13.0 Å². The van der Waals surface area contributed by atoms with Crippen LogP contribution in [0.3, 0.4) is 0 Å². The maximum absolute atomic E-state index is 5.76. The summed E-state index contributed by atoms with van der Waals surface area (Å²) < 4.78 is 5.76. The van der Waals surface area contributed by atoms with Crippen LogP contribution in [0.1, 0.15) is 18.5 Å². The van der Waals surface area contributed by atoms with Gasteiger partial charge in [0.25, 0.3) is 0 Å². The molecule has 0 N–H and O–H groups in total. The van der Waals surface area contributed by atoms with Crippen LogP contribution in [0, 0.1) is 0 Å². The van der Waals surface area contributed by atoms with Gasteiger partial charge in [-0.05, 0) is 50.8 Å². The number of rotatable bonds is 4. The maximum Gasteiger partial charge on any atom is 0.127 e. The molecule has 0 aliphatic rings. The smallest absolute Gasteiger partial charge is 0.127 e. The van der Waals surface area contributed by atoms with E-state index in [0.29, 0.717) is 6.04 Å². The first-order valence-electron chi connectivity index (χ1n) is 6.16. The Balaban J connectivity index is 2.09. The van der Waals surface area contributed by atoms with E-state index in [0.717, 1.165) is 11.5 Å². The van der Waals surface area contributed by atoms with Crippen LogP contribution in [0.25, 0.3) is 0 Å². The predicted molar refractivity (Wildman–Crippen MR) is 75.1 cm³/mol. The second-order valence-corrected chi connectivity index (χ2v) is 4.62. The minimum Gasteiger partial charge on any atom is -0.457 e. The molecule has 0 bridgehead atoms. The standard InChI is InChI=1S/C16H19NO/c1-13(17(2)3)14-9-11-16(12-10-14)18-15-7-5-4-6-8-15/h4-13H,1-3H3. The topological polar surface area (TPSA) is 12.5 Å². The number of hydrogen-bond acceptors (Lipinski definition) is 2. The molecule has 0 saturated carbocycles.